The van der Waals surface area contributed by atoms with E-state index < -0.39 is 11.8 Å². The Bertz CT molecular complexity index is 1010. The van der Waals surface area contributed by atoms with Gasteiger partial charge in [0, 0.05) is 43.3 Å². The molecule has 3 heterocycles. The van der Waals surface area contributed by atoms with Crippen molar-refractivity contribution in [3.63, 3.8) is 0 Å². The number of carbonyl (C=O) groups is 2. The maximum absolute atomic E-state index is 12.4. The minimum absolute atomic E-state index is 0.146. The Morgan fingerprint density at radius 2 is 1.79 bits per heavy atom. The molecule has 0 bridgehead atoms. The molecule has 0 radical (unpaired) electrons. The Hall–Kier alpha value is -3.30. The zero-order valence-corrected chi connectivity index (χ0v) is 19.3. The van der Waals surface area contributed by atoms with Crippen LogP contribution in [-0.4, -0.2) is 56.5 Å². The van der Waals surface area contributed by atoms with Crippen molar-refractivity contribution in [3.05, 3.63) is 70.8 Å². The van der Waals surface area contributed by atoms with Crippen LogP contribution in [0.5, 0.6) is 5.75 Å². The molecule has 2 aromatic heterocycles. The standard InChI is InChI=1S/C24H28N4O4S/c1-31-19-8-6-18(7-9-19)27-10-12-28(13-11-27)21(22-5-2-14-32-22)17-26-24(30)23(29)25-16-20-4-3-15-33-20/h2-9,14-15,21H,10-13,16-17H2,1H3,(H,25,29)(H,26,30)/t21-/m0/s1. The largest absolute Gasteiger partial charge is 0.497 e. The summed E-state index contributed by atoms with van der Waals surface area (Å²) in [6.45, 7) is 3.94. The number of thiophene rings is 1. The third kappa shape index (κ3) is 5.94. The molecule has 8 nitrogen and oxygen atoms in total. The second-order valence-electron chi connectivity index (χ2n) is 7.72. The summed E-state index contributed by atoms with van der Waals surface area (Å²) in [5, 5.41) is 7.37. The molecule has 1 aliphatic rings. The highest BCUT2D eigenvalue weighted by Gasteiger charge is 2.28. The molecule has 1 atom stereocenters. The molecule has 0 saturated carbocycles. The van der Waals surface area contributed by atoms with Gasteiger partial charge in [-0.2, -0.15) is 0 Å². The second-order valence-corrected chi connectivity index (χ2v) is 8.76. The van der Waals surface area contributed by atoms with Crippen molar-refractivity contribution >= 4 is 28.8 Å². The van der Waals surface area contributed by atoms with Crippen molar-refractivity contribution in [2.24, 2.45) is 0 Å². The summed E-state index contributed by atoms with van der Waals surface area (Å²) in [4.78, 5) is 30.2. The normalized spacial score (nSPS) is 15.1. The molecule has 1 saturated heterocycles. The summed E-state index contributed by atoms with van der Waals surface area (Å²) >= 11 is 1.54. The lowest BCUT2D eigenvalue weighted by Gasteiger charge is -2.39. The molecular weight excluding hydrogens is 440 g/mol. The number of benzene rings is 1. The van der Waals surface area contributed by atoms with E-state index in [9.17, 15) is 9.59 Å². The highest BCUT2D eigenvalue weighted by atomic mass is 32.1. The number of hydrogen-bond donors (Lipinski definition) is 2. The van der Waals surface area contributed by atoms with Gasteiger partial charge in [-0.05, 0) is 47.8 Å². The predicted octanol–water partition coefficient (Wildman–Crippen LogP) is 2.65. The average molecular weight is 469 g/mol. The van der Waals surface area contributed by atoms with E-state index in [1.165, 1.54) is 11.3 Å². The van der Waals surface area contributed by atoms with E-state index in [1.54, 1.807) is 13.4 Å². The van der Waals surface area contributed by atoms with Crippen molar-refractivity contribution in [1.29, 1.82) is 0 Å². The first-order valence-electron chi connectivity index (χ1n) is 10.9. The second kappa shape index (κ2) is 11.0. The van der Waals surface area contributed by atoms with Crippen molar-refractivity contribution in [2.45, 2.75) is 12.6 Å². The number of ether oxygens (including phenoxy) is 1. The summed E-state index contributed by atoms with van der Waals surface area (Å²) in [5.41, 5.74) is 1.15. The zero-order chi connectivity index (χ0) is 23.0. The van der Waals surface area contributed by atoms with E-state index in [1.807, 2.05) is 41.8 Å². The molecule has 4 rings (SSSR count). The molecule has 2 amide bonds. The molecule has 0 spiro atoms. The molecule has 1 fully saturated rings. The van der Waals surface area contributed by atoms with Crippen molar-refractivity contribution in [1.82, 2.24) is 15.5 Å². The Morgan fingerprint density at radius 3 is 2.42 bits per heavy atom. The Morgan fingerprint density at radius 1 is 1.03 bits per heavy atom. The number of methoxy groups -OCH3 is 1. The maximum Gasteiger partial charge on any atom is 0.309 e. The van der Waals surface area contributed by atoms with E-state index in [0.29, 0.717) is 13.1 Å². The van der Waals surface area contributed by atoms with Gasteiger partial charge in [-0.25, -0.2) is 0 Å². The van der Waals surface area contributed by atoms with Crippen LogP contribution in [0.15, 0.2) is 64.6 Å². The van der Waals surface area contributed by atoms with E-state index in [0.717, 1.165) is 48.3 Å². The van der Waals surface area contributed by atoms with Gasteiger partial charge in [0.1, 0.15) is 11.5 Å². The lowest BCUT2D eigenvalue weighted by atomic mass is 10.1. The highest BCUT2D eigenvalue weighted by Crippen LogP contribution is 2.25. The van der Waals surface area contributed by atoms with Crippen LogP contribution in [0.1, 0.15) is 16.7 Å². The van der Waals surface area contributed by atoms with Gasteiger partial charge in [-0.1, -0.05) is 6.07 Å². The third-order valence-electron chi connectivity index (χ3n) is 5.73. The zero-order valence-electron chi connectivity index (χ0n) is 18.5. The van der Waals surface area contributed by atoms with Gasteiger partial charge in [0.05, 0.1) is 26.0 Å². The van der Waals surface area contributed by atoms with Gasteiger partial charge in [0.25, 0.3) is 0 Å². The molecule has 0 aliphatic carbocycles. The first-order valence-corrected chi connectivity index (χ1v) is 11.8. The van der Waals surface area contributed by atoms with Gasteiger partial charge >= 0.3 is 11.8 Å². The summed E-state index contributed by atoms with van der Waals surface area (Å²) in [6, 6.07) is 15.5. The Balaban J connectivity index is 1.32. The lowest BCUT2D eigenvalue weighted by Crippen LogP contribution is -2.50. The summed E-state index contributed by atoms with van der Waals surface area (Å²) < 4.78 is 10.9. The van der Waals surface area contributed by atoms with Crippen molar-refractivity contribution < 1.29 is 18.7 Å². The Labute approximate surface area is 197 Å². The first kappa shape index (κ1) is 22.9. The third-order valence-corrected chi connectivity index (χ3v) is 6.61. The molecule has 0 unspecified atom stereocenters. The van der Waals surface area contributed by atoms with Crippen LogP contribution in [0, 0.1) is 0 Å². The predicted molar refractivity (Wildman–Crippen MR) is 127 cm³/mol. The van der Waals surface area contributed by atoms with E-state index >= 15 is 0 Å². The van der Waals surface area contributed by atoms with Gasteiger partial charge < -0.3 is 24.7 Å². The minimum Gasteiger partial charge on any atom is -0.497 e. The molecule has 174 valence electrons. The van der Waals surface area contributed by atoms with Crippen LogP contribution in [-0.2, 0) is 16.1 Å². The van der Waals surface area contributed by atoms with Crippen LogP contribution in [0.25, 0.3) is 0 Å². The summed E-state index contributed by atoms with van der Waals surface area (Å²) in [6.07, 6.45) is 1.63. The number of carbonyl (C=O) groups excluding carboxylic acids is 2. The average Bonchev–Trinajstić information content (AvgIpc) is 3.58. The van der Waals surface area contributed by atoms with E-state index in [2.05, 4.69) is 32.6 Å². The maximum atomic E-state index is 12.4. The monoisotopic (exact) mass is 468 g/mol. The molecule has 1 aromatic carbocycles. The van der Waals surface area contributed by atoms with Gasteiger partial charge in [0.2, 0.25) is 0 Å². The van der Waals surface area contributed by atoms with Crippen molar-refractivity contribution in [3.8, 4) is 5.75 Å². The number of nitrogens with one attached hydrogen (secondary N) is 2. The fourth-order valence-corrected chi connectivity index (χ4v) is 4.55. The first-order chi connectivity index (χ1) is 16.1. The molecule has 9 heteroatoms. The number of anilines is 1. The van der Waals surface area contributed by atoms with Gasteiger partial charge in [-0.3, -0.25) is 14.5 Å². The molecule has 2 N–H and O–H groups in total. The topological polar surface area (TPSA) is 87.0 Å². The summed E-state index contributed by atoms with van der Waals surface area (Å²) in [5.74, 6) is 0.337. The van der Waals surface area contributed by atoms with Crippen LogP contribution in [0.3, 0.4) is 0 Å². The number of piperazine rings is 1. The quantitative estimate of drug-likeness (QED) is 0.495. The van der Waals surface area contributed by atoms with Crippen LogP contribution in [0.2, 0.25) is 0 Å². The molecule has 1 aliphatic heterocycles. The SMILES string of the molecule is COc1ccc(N2CCN([C@@H](CNC(=O)C(=O)NCc3cccs3)c3ccco3)CC2)cc1. The number of amides is 2. The lowest BCUT2D eigenvalue weighted by molar-refractivity contribution is -0.139. The van der Waals surface area contributed by atoms with Gasteiger partial charge in [-0.15, -0.1) is 11.3 Å². The molecular formula is C24H28N4O4S. The molecule has 3 aromatic rings. The van der Waals surface area contributed by atoms with Crippen LogP contribution in [0.4, 0.5) is 5.69 Å². The highest BCUT2D eigenvalue weighted by molar-refractivity contribution is 7.09. The minimum atomic E-state index is -0.639. The number of furan rings is 1. The number of nitrogens with zero attached hydrogens (tertiary/aromatic N) is 2. The smallest absolute Gasteiger partial charge is 0.309 e. The van der Waals surface area contributed by atoms with Crippen LogP contribution < -0.4 is 20.3 Å². The fourth-order valence-electron chi connectivity index (χ4n) is 3.91. The van der Waals surface area contributed by atoms with Gasteiger partial charge in [0.15, 0.2) is 0 Å². The Kier molecular flexibility index (Phi) is 7.64. The van der Waals surface area contributed by atoms with Crippen LogP contribution >= 0.6 is 11.3 Å². The number of rotatable bonds is 8. The van der Waals surface area contributed by atoms with E-state index in [4.69, 9.17) is 9.15 Å². The summed E-state index contributed by atoms with van der Waals surface area (Å²) in [7, 11) is 1.66. The van der Waals surface area contributed by atoms with Crippen molar-refractivity contribution in [2.75, 3.05) is 44.7 Å². The molecule has 33 heavy (non-hydrogen) atoms. The fraction of sp³-hybridized carbons (Fsp3) is 0.333. The number of hydrogen-bond acceptors (Lipinski definition) is 7. The van der Waals surface area contributed by atoms with E-state index in [-0.39, 0.29) is 6.04 Å².